The first-order valence-corrected chi connectivity index (χ1v) is 6.92. The topological polar surface area (TPSA) is 52.0 Å². The molecule has 0 aliphatic carbocycles. The molecule has 1 aromatic rings. The summed E-state index contributed by atoms with van der Waals surface area (Å²) in [6.07, 6.45) is 6.72. The largest absolute Gasteiger partial charge is 0.378 e. The van der Waals surface area contributed by atoms with Crippen molar-refractivity contribution < 1.29 is 4.74 Å². The molecule has 0 spiro atoms. The summed E-state index contributed by atoms with van der Waals surface area (Å²) in [6, 6.07) is 0.768. The van der Waals surface area contributed by atoms with Gasteiger partial charge in [0.25, 0.3) is 0 Å². The molecule has 1 saturated heterocycles. The highest BCUT2D eigenvalue weighted by Crippen LogP contribution is 2.20. The summed E-state index contributed by atoms with van der Waals surface area (Å²) in [6.45, 7) is 5.23. The van der Waals surface area contributed by atoms with Crippen LogP contribution in [-0.4, -0.2) is 33.5 Å². The third-order valence-electron chi connectivity index (χ3n) is 3.60. The molecule has 5 heteroatoms. The van der Waals surface area contributed by atoms with Gasteiger partial charge in [0.05, 0.1) is 12.1 Å². The molecule has 0 bridgehead atoms. The quantitative estimate of drug-likeness (QED) is 0.868. The van der Waals surface area contributed by atoms with Crippen LogP contribution in [0.15, 0.2) is 6.33 Å². The van der Waals surface area contributed by atoms with Gasteiger partial charge in [-0.3, -0.25) is 0 Å². The number of hydrogen-bond donors (Lipinski definition) is 1. The van der Waals surface area contributed by atoms with Crippen LogP contribution in [0.25, 0.3) is 0 Å². The van der Waals surface area contributed by atoms with Crippen molar-refractivity contribution in [3.63, 3.8) is 0 Å². The van der Waals surface area contributed by atoms with Crippen LogP contribution in [0, 0.1) is 0 Å². The van der Waals surface area contributed by atoms with Crippen molar-refractivity contribution in [2.75, 3.05) is 6.61 Å². The van der Waals surface area contributed by atoms with Gasteiger partial charge in [0.15, 0.2) is 0 Å². The average molecular weight is 252 g/mol. The summed E-state index contributed by atoms with van der Waals surface area (Å²) in [5, 5.41) is 11.7. The molecule has 3 unspecified atom stereocenters. The Bertz CT molecular complexity index is 364. The lowest BCUT2D eigenvalue weighted by molar-refractivity contribution is -0.00492. The van der Waals surface area contributed by atoms with Crippen LogP contribution in [0.5, 0.6) is 0 Å². The standard InChI is InChI=1S/C13H24N4O/c1-4-5-12-8-11(6-7-18-12)15-10(2)13-16-14-9-17(13)3/h9-12,15H,4-8H2,1-3H3. The molecule has 3 atom stereocenters. The van der Waals surface area contributed by atoms with Gasteiger partial charge in [-0.25, -0.2) is 0 Å². The van der Waals surface area contributed by atoms with Crippen LogP contribution in [0.3, 0.4) is 0 Å². The Morgan fingerprint density at radius 3 is 3.11 bits per heavy atom. The molecule has 0 aromatic carbocycles. The molecule has 1 aromatic heterocycles. The Balaban J connectivity index is 1.87. The fourth-order valence-corrected chi connectivity index (χ4v) is 2.67. The number of hydrogen-bond acceptors (Lipinski definition) is 4. The molecule has 2 rings (SSSR count). The smallest absolute Gasteiger partial charge is 0.149 e. The molecule has 102 valence electrons. The SMILES string of the molecule is CCCC1CC(NC(C)c2nncn2C)CCO1. The van der Waals surface area contributed by atoms with Gasteiger partial charge in [0.1, 0.15) is 12.2 Å². The van der Waals surface area contributed by atoms with Crippen LogP contribution < -0.4 is 5.32 Å². The fraction of sp³-hybridized carbons (Fsp3) is 0.846. The summed E-state index contributed by atoms with van der Waals surface area (Å²) in [4.78, 5) is 0. The maximum atomic E-state index is 5.77. The third kappa shape index (κ3) is 3.29. The summed E-state index contributed by atoms with van der Waals surface area (Å²) < 4.78 is 7.74. The van der Waals surface area contributed by atoms with Gasteiger partial charge in [0, 0.05) is 19.7 Å². The van der Waals surface area contributed by atoms with Crippen molar-refractivity contribution in [3.05, 3.63) is 12.2 Å². The van der Waals surface area contributed by atoms with Crippen LogP contribution in [0.4, 0.5) is 0 Å². The predicted molar refractivity (Wildman–Crippen MR) is 70.2 cm³/mol. The first kappa shape index (κ1) is 13.5. The minimum Gasteiger partial charge on any atom is -0.378 e. The lowest BCUT2D eigenvalue weighted by atomic mass is 9.99. The first-order chi connectivity index (χ1) is 8.70. The first-order valence-electron chi connectivity index (χ1n) is 6.92. The summed E-state index contributed by atoms with van der Waals surface area (Å²) in [7, 11) is 1.98. The average Bonchev–Trinajstić information content (AvgIpc) is 2.76. The van der Waals surface area contributed by atoms with Gasteiger partial charge in [-0.05, 0) is 26.2 Å². The van der Waals surface area contributed by atoms with E-state index < -0.39 is 0 Å². The van der Waals surface area contributed by atoms with Gasteiger partial charge in [-0.1, -0.05) is 13.3 Å². The fourth-order valence-electron chi connectivity index (χ4n) is 2.67. The van der Waals surface area contributed by atoms with E-state index in [0.717, 1.165) is 31.7 Å². The van der Waals surface area contributed by atoms with Gasteiger partial charge in [-0.2, -0.15) is 0 Å². The lowest BCUT2D eigenvalue weighted by Crippen LogP contribution is -2.40. The van der Waals surface area contributed by atoms with Crippen molar-refractivity contribution in [3.8, 4) is 0 Å². The van der Waals surface area contributed by atoms with E-state index in [9.17, 15) is 0 Å². The molecule has 0 amide bonds. The zero-order chi connectivity index (χ0) is 13.0. The van der Waals surface area contributed by atoms with E-state index in [1.54, 1.807) is 6.33 Å². The molecule has 0 saturated carbocycles. The minimum absolute atomic E-state index is 0.239. The van der Waals surface area contributed by atoms with E-state index in [1.807, 2.05) is 11.6 Å². The number of rotatable bonds is 5. The second-order valence-electron chi connectivity index (χ2n) is 5.19. The van der Waals surface area contributed by atoms with Crippen LogP contribution in [0.1, 0.15) is 51.4 Å². The molecule has 0 radical (unpaired) electrons. The van der Waals surface area contributed by atoms with Crippen LogP contribution >= 0.6 is 0 Å². The van der Waals surface area contributed by atoms with Crippen molar-refractivity contribution >= 4 is 0 Å². The van der Waals surface area contributed by atoms with Gasteiger partial charge in [0.2, 0.25) is 0 Å². The molecule has 1 aliphatic heterocycles. The van der Waals surface area contributed by atoms with E-state index in [-0.39, 0.29) is 6.04 Å². The Morgan fingerprint density at radius 1 is 1.61 bits per heavy atom. The van der Waals surface area contributed by atoms with E-state index in [4.69, 9.17) is 4.74 Å². The van der Waals surface area contributed by atoms with Gasteiger partial charge >= 0.3 is 0 Å². The van der Waals surface area contributed by atoms with Crippen molar-refractivity contribution in [1.82, 2.24) is 20.1 Å². The van der Waals surface area contributed by atoms with Crippen molar-refractivity contribution in [2.24, 2.45) is 7.05 Å². The van der Waals surface area contributed by atoms with Crippen molar-refractivity contribution in [2.45, 2.75) is 57.7 Å². The summed E-state index contributed by atoms with van der Waals surface area (Å²) in [5.74, 6) is 0.994. The molecular weight excluding hydrogens is 228 g/mol. The second kappa shape index (κ2) is 6.29. The number of aryl methyl sites for hydroxylation is 1. The van der Waals surface area contributed by atoms with E-state index in [0.29, 0.717) is 12.1 Å². The van der Waals surface area contributed by atoms with E-state index in [1.165, 1.54) is 6.42 Å². The molecule has 18 heavy (non-hydrogen) atoms. The lowest BCUT2D eigenvalue weighted by Gasteiger charge is -2.31. The Labute approximate surface area is 109 Å². The van der Waals surface area contributed by atoms with Gasteiger partial charge in [-0.15, -0.1) is 10.2 Å². The summed E-state index contributed by atoms with van der Waals surface area (Å²) >= 11 is 0. The molecule has 1 aliphatic rings. The number of nitrogens with one attached hydrogen (secondary N) is 1. The predicted octanol–water partition coefficient (Wildman–Crippen LogP) is 1.81. The number of ether oxygens (including phenoxy) is 1. The monoisotopic (exact) mass is 252 g/mol. The Kier molecular flexibility index (Phi) is 4.72. The highest BCUT2D eigenvalue weighted by molar-refractivity contribution is 4.94. The Hall–Kier alpha value is -0.940. The minimum atomic E-state index is 0.239. The molecule has 1 fully saturated rings. The maximum absolute atomic E-state index is 5.77. The Morgan fingerprint density at radius 2 is 2.44 bits per heavy atom. The van der Waals surface area contributed by atoms with E-state index >= 15 is 0 Å². The highest BCUT2D eigenvalue weighted by atomic mass is 16.5. The molecule has 1 N–H and O–H groups in total. The third-order valence-corrected chi connectivity index (χ3v) is 3.60. The van der Waals surface area contributed by atoms with Crippen LogP contribution in [0.2, 0.25) is 0 Å². The normalized spacial score (nSPS) is 26.2. The van der Waals surface area contributed by atoms with Gasteiger partial charge < -0.3 is 14.6 Å². The van der Waals surface area contributed by atoms with E-state index in [2.05, 4.69) is 29.4 Å². The highest BCUT2D eigenvalue weighted by Gasteiger charge is 2.24. The maximum Gasteiger partial charge on any atom is 0.149 e. The second-order valence-corrected chi connectivity index (χ2v) is 5.19. The number of aromatic nitrogens is 3. The molecular formula is C13H24N4O. The summed E-state index contributed by atoms with van der Waals surface area (Å²) in [5.41, 5.74) is 0. The zero-order valence-electron chi connectivity index (χ0n) is 11.6. The molecule has 2 heterocycles. The van der Waals surface area contributed by atoms with Crippen LogP contribution in [-0.2, 0) is 11.8 Å². The van der Waals surface area contributed by atoms with Crippen molar-refractivity contribution in [1.29, 1.82) is 0 Å². The molecule has 5 nitrogen and oxygen atoms in total. The number of nitrogens with zero attached hydrogens (tertiary/aromatic N) is 3. The zero-order valence-corrected chi connectivity index (χ0v) is 11.6.